The van der Waals surface area contributed by atoms with Crippen LogP contribution in [0.2, 0.25) is 0 Å². The Balaban J connectivity index is 1.51. The maximum Gasteiger partial charge on any atom is 0.319 e. The van der Waals surface area contributed by atoms with Crippen molar-refractivity contribution >= 4 is 23.7 Å². The zero-order chi connectivity index (χ0) is 27.6. The van der Waals surface area contributed by atoms with Crippen molar-refractivity contribution in [3.8, 4) is 0 Å². The van der Waals surface area contributed by atoms with Gasteiger partial charge in [0.2, 0.25) is 11.8 Å². The fourth-order valence-electron chi connectivity index (χ4n) is 5.64. The third-order valence-electron chi connectivity index (χ3n) is 7.53. The second kappa shape index (κ2) is 11.0. The van der Waals surface area contributed by atoms with E-state index in [4.69, 9.17) is 0 Å². The average Bonchev–Trinajstić information content (AvgIpc) is 3.36. The Labute approximate surface area is 224 Å². The standard InChI is InChI=1S/C28H39N7O3/c1-7-23(36)34-15-11-14-20(16-34)26(37)30-25-21-17-35(28(2,3)24(21)33(6)31-25)27(38)29-22(18-32(4)5)19-12-9-8-10-13-19/h7-10,12-13,20,22H,1,11,14-18H2,2-6H3,(H,29,38)(H,30,31,37)/t20?,22-/m1/s1. The molecule has 1 unspecified atom stereocenters. The first-order valence-electron chi connectivity index (χ1n) is 13.1. The Hall–Kier alpha value is -3.66. The molecule has 10 nitrogen and oxygen atoms in total. The van der Waals surface area contributed by atoms with E-state index in [-0.39, 0.29) is 29.8 Å². The first kappa shape index (κ1) is 27.4. The zero-order valence-electron chi connectivity index (χ0n) is 23.0. The van der Waals surface area contributed by atoms with E-state index in [1.807, 2.05) is 70.2 Å². The Kier molecular flexibility index (Phi) is 7.91. The van der Waals surface area contributed by atoms with Gasteiger partial charge in [0.15, 0.2) is 5.82 Å². The number of likely N-dealkylation sites (tertiary alicyclic amines) is 1. The summed E-state index contributed by atoms with van der Waals surface area (Å²) in [5.74, 6) is -0.177. The van der Waals surface area contributed by atoms with Crippen LogP contribution in [0.15, 0.2) is 43.0 Å². The lowest BCUT2D eigenvalue weighted by molar-refractivity contribution is -0.130. The summed E-state index contributed by atoms with van der Waals surface area (Å²) in [6.45, 7) is 9.52. The molecule has 204 valence electrons. The number of nitrogens with zero attached hydrogens (tertiary/aromatic N) is 5. The number of piperidine rings is 1. The van der Waals surface area contributed by atoms with Crippen molar-refractivity contribution in [3.05, 3.63) is 59.8 Å². The molecule has 1 aromatic carbocycles. The van der Waals surface area contributed by atoms with Crippen LogP contribution in [0.1, 0.15) is 49.6 Å². The van der Waals surface area contributed by atoms with Gasteiger partial charge in [0.1, 0.15) is 0 Å². The monoisotopic (exact) mass is 521 g/mol. The number of carbonyl (C=O) groups excluding carboxylic acids is 3. The summed E-state index contributed by atoms with van der Waals surface area (Å²) in [6, 6.07) is 9.59. The molecular weight excluding hydrogens is 482 g/mol. The number of rotatable bonds is 7. The molecule has 0 spiro atoms. The van der Waals surface area contributed by atoms with Crippen molar-refractivity contribution in [3.63, 3.8) is 0 Å². The van der Waals surface area contributed by atoms with E-state index in [1.54, 1.807) is 14.5 Å². The number of fused-ring (bicyclic) bond motifs is 1. The maximum atomic E-state index is 13.6. The number of aromatic nitrogens is 2. The molecule has 3 heterocycles. The summed E-state index contributed by atoms with van der Waals surface area (Å²) in [7, 11) is 5.80. The maximum absolute atomic E-state index is 13.6. The van der Waals surface area contributed by atoms with E-state index in [2.05, 4.69) is 22.3 Å². The van der Waals surface area contributed by atoms with Crippen LogP contribution in [0.3, 0.4) is 0 Å². The predicted molar refractivity (Wildman–Crippen MR) is 146 cm³/mol. The van der Waals surface area contributed by atoms with Crippen LogP contribution in [-0.2, 0) is 28.7 Å². The minimum Gasteiger partial charge on any atom is -0.338 e. The topological polar surface area (TPSA) is 103 Å². The highest BCUT2D eigenvalue weighted by Crippen LogP contribution is 2.42. The van der Waals surface area contributed by atoms with Crippen LogP contribution in [0.25, 0.3) is 0 Å². The van der Waals surface area contributed by atoms with Gasteiger partial charge in [-0.15, -0.1) is 0 Å². The molecule has 0 saturated carbocycles. The Morgan fingerprint density at radius 3 is 2.61 bits per heavy atom. The van der Waals surface area contributed by atoms with Crippen LogP contribution in [0.5, 0.6) is 0 Å². The van der Waals surface area contributed by atoms with Gasteiger partial charge in [-0.2, -0.15) is 5.10 Å². The number of anilines is 1. The molecule has 0 bridgehead atoms. The molecule has 1 fully saturated rings. The molecule has 2 aliphatic rings. The smallest absolute Gasteiger partial charge is 0.319 e. The summed E-state index contributed by atoms with van der Waals surface area (Å²) >= 11 is 0. The van der Waals surface area contributed by atoms with Crippen molar-refractivity contribution in [2.45, 2.75) is 44.8 Å². The van der Waals surface area contributed by atoms with Gasteiger partial charge in [0.05, 0.1) is 29.7 Å². The largest absolute Gasteiger partial charge is 0.338 e. The van der Waals surface area contributed by atoms with Crippen molar-refractivity contribution in [2.75, 3.05) is 39.0 Å². The van der Waals surface area contributed by atoms with E-state index in [9.17, 15) is 14.4 Å². The predicted octanol–water partition coefficient (Wildman–Crippen LogP) is 2.85. The molecule has 10 heteroatoms. The molecule has 2 aromatic rings. The van der Waals surface area contributed by atoms with Crippen LogP contribution in [0.4, 0.5) is 10.6 Å². The summed E-state index contributed by atoms with van der Waals surface area (Å²) < 4.78 is 1.75. The Morgan fingerprint density at radius 1 is 1.24 bits per heavy atom. The van der Waals surface area contributed by atoms with Gasteiger partial charge >= 0.3 is 6.03 Å². The molecule has 2 N–H and O–H groups in total. The van der Waals surface area contributed by atoms with Gasteiger partial charge in [-0.3, -0.25) is 14.3 Å². The van der Waals surface area contributed by atoms with E-state index in [0.717, 1.165) is 23.2 Å². The van der Waals surface area contributed by atoms with Gasteiger partial charge in [0, 0.05) is 32.2 Å². The first-order valence-corrected chi connectivity index (χ1v) is 13.1. The average molecular weight is 522 g/mol. The molecule has 4 rings (SSSR count). The molecule has 2 aliphatic heterocycles. The van der Waals surface area contributed by atoms with Crippen molar-refractivity contribution in [2.24, 2.45) is 13.0 Å². The Bertz CT molecular complexity index is 1200. The lowest BCUT2D eigenvalue weighted by atomic mass is 9.97. The van der Waals surface area contributed by atoms with Gasteiger partial charge in [0.25, 0.3) is 0 Å². The van der Waals surface area contributed by atoms with E-state index < -0.39 is 5.54 Å². The van der Waals surface area contributed by atoms with E-state index in [1.165, 1.54) is 6.08 Å². The number of benzene rings is 1. The summed E-state index contributed by atoms with van der Waals surface area (Å²) in [4.78, 5) is 44.4. The zero-order valence-corrected chi connectivity index (χ0v) is 23.0. The lowest BCUT2D eigenvalue weighted by Gasteiger charge is -2.34. The van der Waals surface area contributed by atoms with Crippen molar-refractivity contribution in [1.29, 1.82) is 0 Å². The lowest BCUT2D eigenvalue weighted by Crippen LogP contribution is -2.49. The molecule has 1 aromatic heterocycles. The van der Waals surface area contributed by atoms with Crippen molar-refractivity contribution < 1.29 is 14.4 Å². The number of carbonyl (C=O) groups is 3. The molecule has 38 heavy (non-hydrogen) atoms. The SMILES string of the molecule is C=CC(=O)N1CCCC(C(=O)Nc2nn(C)c3c2CN(C(=O)N[C@H](CN(C)C)c2ccccc2)C3(C)C)C1. The molecule has 0 radical (unpaired) electrons. The highest BCUT2D eigenvalue weighted by Gasteiger charge is 2.45. The highest BCUT2D eigenvalue weighted by atomic mass is 16.2. The quantitative estimate of drug-likeness (QED) is 0.546. The van der Waals surface area contributed by atoms with E-state index >= 15 is 0 Å². The van der Waals surface area contributed by atoms with E-state index in [0.29, 0.717) is 38.4 Å². The molecular formula is C28H39N7O3. The van der Waals surface area contributed by atoms with Gasteiger partial charge in [-0.1, -0.05) is 36.9 Å². The fraction of sp³-hybridized carbons (Fsp3) is 0.500. The number of amides is 4. The minimum absolute atomic E-state index is 0.160. The number of nitrogens with one attached hydrogen (secondary N) is 2. The third-order valence-corrected chi connectivity index (χ3v) is 7.53. The van der Waals surface area contributed by atoms with Gasteiger partial charge in [-0.25, -0.2) is 4.79 Å². The summed E-state index contributed by atoms with van der Waals surface area (Å²) in [5.41, 5.74) is 2.12. The summed E-state index contributed by atoms with van der Waals surface area (Å²) in [5, 5.41) is 10.8. The van der Waals surface area contributed by atoms with Gasteiger partial charge in [-0.05, 0) is 52.4 Å². The summed E-state index contributed by atoms with van der Waals surface area (Å²) in [6.07, 6.45) is 2.75. The molecule has 2 atom stereocenters. The Morgan fingerprint density at radius 2 is 1.95 bits per heavy atom. The van der Waals surface area contributed by atoms with Crippen LogP contribution in [-0.4, -0.2) is 76.1 Å². The van der Waals surface area contributed by atoms with Crippen LogP contribution >= 0.6 is 0 Å². The second-order valence-corrected chi connectivity index (χ2v) is 10.9. The van der Waals surface area contributed by atoms with Crippen LogP contribution in [0, 0.1) is 5.92 Å². The van der Waals surface area contributed by atoms with Gasteiger partial charge < -0.3 is 25.3 Å². The molecule has 4 amide bonds. The number of urea groups is 1. The highest BCUT2D eigenvalue weighted by molar-refractivity contribution is 5.94. The number of likely N-dealkylation sites (N-methyl/N-ethyl adjacent to an activating group) is 1. The molecule has 1 saturated heterocycles. The van der Waals surface area contributed by atoms with Crippen molar-refractivity contribution in [1.82, 2.24) is 29.8 Å². The third kappa shape index (κ3) is 5.45. The normalized spacial score (nSPS) is 19.2. The fourth-order valence-corrected chi connectivity index (χ4v) is 5.64. The first-order chi connectivity index (χ1) is 18.0. The molecule has 0 aliphatic carbocycles. The number of hydrogen-bond acceptors (Lipinski definition) is 5. The minimum atomic E-state index is -0.637. The number of hydrogen-bond donors (Lipinski definition) is 2. The second-order valence-electron chi connectivity index (χ2n) is 10.9. The van der Waals surface area contributed by atoms with Crippen LogP contribution < -0.4 is 10.6 Å². The number of aryl methyl sites for hydroxylation is 1.